The van der Waals surface area contributed by atoms with Gasteiger partial charge in [0.05, 0.1) is 29.1 Å². The zero-order valence-corrected chi connectivity index (χ0v) is 55.9. The Bertz CT molecular complexity index is 5080. The summed E-state index contributed by atoms with van der Waals surface area (Å²) in [6.07, 6.45) is 0. The molecule has 0 saturated carbocycles. The molecule has 454 valence electrons. The molecule has 0 fully saturated rings. The van der Waals surface area contributed by atoms with Crippen LogP contribution in [0.5, 0.6) is 0 Å². The Hall–Kier alpha value is -9.63. The van der Waals surface area contributed by atoms with Crippen LogP contribution in [0.4, 0.5) is 34.1 Å². The minimum absolute atomic E-state index is 0.0923. The average molecular weight is 1200 g/mol. The molecule has 11 aromatic carbocycles. The maximum Gasteiger partial charge on any atom is 0.252 e. The van der Waals surface area contributed by atoms with Crippen LogP contribution in [0.1, 0.15) is 144 Å². The van der Waals surface area contributed by atoms with Crippen molar-refractivity contribution < 1.29 is 6.85 Å². The summed E-state index contributed by atoms with van der Waals surface area (Å²) < 4.78 is 47.7. The quantitative estimate of drug-likeness (QED) is 0.149. The molecule has 5 heteroatoms. The van der Waals surface area contributed by atoms with E-state index < -0.39 is 18.2 Å². The van der Waals surface area contributed by atoms with Crippen molar-refractivity contribution in [2.24, 2.45) is 0 Å². The number of fused-ring (bicyclic) bond motifs is 7. The fraction of sp³-hybridized carbons (Fsp3) is 0.230. The van der Waals surface area contributed by atoms with Crippen LogP contribution in [0.15, 0.2) is 230 Å². The molecule has 2 aliphatic rings. The highest BCUT2D eigenvalue weighted by Crippen LogP contribution is 2.50. The average Bonchev–Trinajstić information content (AvgIpc) is 1.11. The van der Waals surface area contributed by atoms with Crippen molar-refractivity contribution in [1.82, 2.24) is 4.57 Å². The van der Waals surface area contributed by atoms with E-state index in [1.165, 1.54) is 33.0 Å². The molecular formula is C87H83BN4. The Morgan fingerprint density at radius 3 is 1.28 bits per heavy atom. The van der Waals surface area contributed by atoms with E-state index >= 15 is 0 Å². The normalized spacial score (nSPS) is 14.1. The monoisotopic (exact) mass is 1200 g/mol. The van der Waals surface area contributed by atoms with Crippen LogP contribution in [0.2, 0.25) is 0 Å². The first-order valence-corrected chi connectivity index (χ1v) is 32.5. The summed E-state index contributed by atoms with van der Waals surface area (Å²) in [4.78, 5) is 4.76. The van der Waals surface area contributed by atoms with Crippen LogP contribution in [-0.2, 0) is 27.1 Å². The summed E-state index contributed by atoms with van der Waals surface area (Å²) in [6.45, 7) is 33.7. The van der Waals surface area contributed by atoms with Crippen LogP contribution in [0, 0.1) is 11.3 Å². The Morgan fingerprint density at radius 2 is 0.793 bits per heavy atom. The summed E-state index contributed by atoms with van der Waals surface area (Å²) >= 11 is 0. The Morgan fingerprint density at radius 1 is 0.337 bits per heavy atom. The lowest BCUT2D eigenvalue weighted by atomic mass is 9.33. The highest BCUT2D eigenvalue weighted by molar-refractivity contribution is 7.00. The van der Waals surface area contributed by atoms with Gasteiger partial charge in [0.15, 0.2) is 0 Å². The van der Waals surface area contributed by atoms with Crippen molar-refractivity contribution in [1.29, 1.82) is 5.26 Å². The van der Waals surface area contributed by atoms with Crippen LogP contribution in [-0.4, -0.2) is 11.3 Å². The van der Waals surface area contributed by atoms with Crippen molar-refractivity contribution in [2.45, 2.75) is 131 Å². The minimum atomic E-state index is -0.437. The second-order valence-corrected chi connectivity index (χ2v) is 30.7. The Labute approximate surface area is 553 Å². The van der Waals surface area contributed by atoms with Gasteiger partial charge >= 0.3 is 0 Å². The SMILES string of the molecule is [2H]c1c([2H])c([2H])c(-c2ccc3c(c2)N(c2cc(-c4ccccc4)cc(-c4ccccc4)c2)c2cc(C(C)(C)C)cc4c2B3c2ccc(-c3cc(C(C)(C)C)cc(C(C)(C)C)c3)cc2N4c2cc(-n3c4ccc(C(C)(C)C)cc4c4cc(C(C)(C)C)ccc43)ccc2C#N)c([2H])c1[2H]. The van der Waals surface area contributed by atoms with Crippen LogP contribution < -0.4 is 26.2 Å². The summed E-state index contributed by atoms with van der Waals surface area (Å²) in [5.41, 5.74) is 23.9. The molecule has 92 heavy (non-hydrogen) atoms. The number of rotatable bonds is 7. The molecule has 0 radical (unpaired) electrons. The van der Waals surface area contributed by atoms with E-state index in [0.29, 0.717) is 11.1 Å². The van der Waals surface area contributed by atoms with Crippen LogP contribution in [0.25, 0.3) is 72.0 Å². The minimum Gasteiger partial charge on any atom is -0.311 e. The van der Waals surface area contributed by atoms with Crippen LogP contribution >= 0.6 is 0 Å². The lowest BCUT2D eigenvalue weighted by Gasteiger charge is -2.45. The largest absolute Gasteiger partial charge is 0.311 e. The lowest BCUT2D eigenvalue weighted by Crippen LogP contribution is -2.61. The van der Waals surface area contributed by atoms with E-state index in [1.54, 1.807) is 0 Å². The number of aromatic nitrogens is 1. The molecule has 1 aromatic heterocycles. The highest BCUT2D eigenvalue weighted by Gasteiger charge is 2.45. The molecule has 0 atom stereocenters. The third kappa shape index (κ3) is 10.5. The lowest BCUT2D eigenvalue weighted by molar-refractivity contribution is 0.569. The van der Waals surface area contributed by atoms with E-state index in [0.717, 1.165) is 106 Å². The van der Waals surface area contributed by atoms with E-state index in [1.807, 2.05) is 24.3 Å². The first-order chi connectivity index (χ1) is 45.8. The fourth-order valence-electron chi connectivity index (χ4n) is 13.9. The standard InChI is InChI=1S/C87H83BN4/c1-83(2,3)64-34-39-75-71(49-64)72-50-65(84(4,5)6)35-40-76(72)90(75)69-36-31-60(54-89)77(53-69)92-79-47-59(63-42-66(85(7,8)9)48-67(43-63)86(10,11)12)33-38-74(79)88-73-37-32-58(55-25-19-16-20-26-55)46-78(73)91(80-51-68(87(13,14)15)52-81(92)82(80)88)70-44-61(56-27-21-17-22-28-56)41-62(45-70)57-29-23-18-24-30-57/h16-53H,1-15H3/i16D,19D,20D,25D,26D. The third-order valence-electron chi connectivity index (χ3n) is 19.2. The zero-order valence-electron chi connectivity index (χ0n) is 60.9. The third-order valence-corrected chi connectivity index (χ3v) is 19.2. The number of hydrogen-bond donors (Lipinski definition) is 0. The number of nitrogens with zero attached hydrogens (tertiary/aromatic N) is 4. The van der Waals surface area contributed by atoms with Gasteiger partial charge in [0.25, 0.3) is 6.71 Å². The summed E-state index contributed by atoms with van der Waals surface area (Å²) in [5, 5.41) is 14.2. The maximum absolute atomic E-state index is 11.8. The number of nitriles is 1. The maximum atomic E-state index is 11.8. The van der Waals surface area contributed by atoms with Crippen molar-refractivity contribution in [3.63, 3.8) is 0 Å². The molecule has 0 aliphatic carbocycles. The van der Waals surface area contributed by atoms with E-state index in [2.05, 4.69) is 300 Å². The molecule has 0 amide bonds. The number of anilines is 6. The summed E-state index contributed by atoms with van der Waals surface area (Å²) in [5.74, 6) is 0. The molecule has 3 heterocycles. The molecule has 0 unspecified atom stereocenters. The Balaban J connectivity index is 1.12. The predicted molar refractivity (Wildman–Crippen MR) is 395 cm³/mol. The second-order valence-electron chi connectivity index (χ2n) is 30.7. The molecule has 2 aliphatic heterocycles. The van der Waals surface area contributed by atoms with Gasteiger partial charge in [-0.1, -0.05) is 249 Å². The highest BCUT2D eigenvalue weighted by atomic mass is 15.2. The molecule has 14 rings (SSSR count). The van der Waals surface area contributed by atoms with Gasteiger partial charge in [-0.15, -0.1) is 0 Å². The van der Waals surface area contributed by atoms with Gasteiger partial charge < -0.3 is 14.4 Å². The van der Waals surface area contributed by atoms with Crippen molar-refractivity contribution in [2.75, 3.05) is 9.80 Å². The van der Waals surface area contributed by atoms with Gasteiger partial charge in [0.2, 0.25) is 0 Å². The molecule has 0 bridgehead atoms. The zero-order chi connectivity index (χ0) is 68.9. The predicted octanol–water partition coefficient (Wildman–Crippen LogP) is 21.9. The van der Waals surface area contributed by atoms with E-state index in [4.69, 9.17) is 4.11 Å². The Kier molecular flexibility index (Phi) is 12.8. The van der Waals surface area contributed by atoms with Gasteiger partial charge in [-0.05, 0) is 201 Å². The smallest absolute Gasteiger partial charge is 0.252 e. The second kappa shape index (κ2) is 21.8. The summed E-state index contributed by atoms with van der Waals surface area (Å²) in [7, 11) is 0. The topological polar surface area (TPSA) is 35.2 Å². The molecule has 12 aromatic rings. The summed E-state index contributed by atoms with van der Waals surface area (Å²) in [6, 6.07) is 73.8. The number of hydrogen-bond acceptors (Lipinski definition) is 3. The van der Waals surface area contributed by atoms with Gasteiger partial charge in [-0.2, -0.15) is 5.26 Å². The molecule has 0 N–H and O–H groups in total. The van der Waals surface area contributed by atoms with Gasteiger partial charge in [0, 0.05) is 44.9 Å². The molecule has 4 nitrogen and oxygen atoms in total. The molecular weight excluding hydrogens is 1110 g/mol. The van der Waals surface area contributed by atoms with E-state index in [9.17, 15) is 8.00 Å². The number of benzene rings is 11. The molecule has 0 saturated heterocycles. The fourth-order valence-corrected chi connectivity index (χ4v) is 13.9. The first kappa shape index (κ1) is 54.1. The van der Waals surface area contributed by atoms with Gasteiger partial charge in [-0.3, -0.25) is 0 Å². The molecule has 0 spiro atoms. The van der Waals surface area contributed by atoms with Crippen molar-refractivity contribution in [3.05, 3.63) is 264 Å². The van der Waals surface area contributed by atoms with Crippen molar-refractivity contribution >= 4 is 79.0 Å². The van der Waals surface area contributed by atoms with Crippen LogP contribution in [0.3, 0.4) is 0 Å². The van der Waals surface area contributed by atoms with Gasteiger partial charge in [-0.25, -0.2) is 0 Å². The van der Waals surface area contributed by atoms with Crippen molar-refractivity contribution in [3.8, 4) is 56.3 Å². The van der Waals surface area contributed by atoms with Gasteiger partial charge in [0.1, 0.15) is 6.07 Å². The first-order valence-electron chi connectivity index (χ1n) is 35.0. The van der Waals surface area contributed by atoms with E-state index in [-0.39, 0.29) is 51.4 Å².